The third-order valence-corrected chi connectivity index (χ3v) is 4.39. The standard InChI is InChI=1S/C16H19N3OS/c1-10-5-4-6-14(11(10)2)19-16(20)12(3)21-13-7-8-15(17)18-9-13/h4-9,12H,1-3H3,(H2,17,18)(H,19,20). The Morgan fingerprint density at radius 2 is 2.05 bits per heavy atom. The molecule has 5 heteroatoms. The van der Waals surface area contributed by atoms with E-state index in [4.69, 9.17) is 5.73 Å². The van der Waals surface area contributed by atoms with Gasteiger partial charge in [-0.1, -0.05) is 12.1 Å². The summed E-state index contributed by atoms with van der Waals surface area (Å²) in [5, 5.41) is 2.76. The Hall–Kier alpha value is -2.01. The predicted molar refractivity (Wildman–Crippen MR) is 88.5 cm³/mol. The molecule has 1 atom stereocenters. The van der Waals surface area contributed by atoms with Gasteiger partial charge in [-0.3, -0.25) is 4.79 Å². The maximum absolute atomic E-state index is 12.3. The largest absolute Gasteiger partial charge is 0.384 e. The lowest BCUT2D eigenvalue weighted by Gasteiger charge is -2.14. The second-order valence-electron chi connectivity index (χ2n) is 4.92. The molecule has 4 nitrogen and oxygen atoms in total. The summed E-state index contributed by atoms with van der Waals surface area (Å²) in [7, 11) is 0. The lowest BCUT2D eigenvalue weighted by atomic mass is 10.1. The van der Waals surface area contributed by atoms with E-state index < -0.39 is 0 Å². The molecule has 1 unspecified atom stereocenters. The molecule has 0 aliphatic heterocycles. The van der Waals surface area contributed by atoms with Crippen molar-refractivity contribution >= 4 is 29.2 Å². The van der Waals surface area contributed by atoms with Crippen molar-refractivity contribution in [2.24, 2.45) is 0 Å². The number of carbonyl (C=O) groups excluding carboxylic acids is 1. The highest BCUT2D eigenvalue weighted by molar-refractivity contribution is 8.00. The van der Waals surface area contributed by atoms with Crippen LogP contribution in [0.25, 0.3) is 0 Å². The Kier molecular flexibility index (Phi) is 4.85. The molecule has 1 heterocycles. The van der Waals surface area contributed by atoms with Crippen LogP contribution in [0.4, 0.5) is 11.5 Å². The third-order valence-electron chi connectivity index (χ3n) is 3.30. The summed E-state index contributed by atoms with van der Waals surface area (Å²) in [6, 6.07) is 9.50. The van der Waals surface area contributed by atoms with Crippen molar-refractivity contribution in [1.29, 1.82) is 0 Å². The highest BCUT2D eigenvalue weighted by Gasteiger charge is 2.15. The molecule has 0 fully saturated rings. The quantitative estimate of drug-likeness (QED) is 0.849. The number of carbonyl (C=O) groups is 1. The smallest absolute Gasteiger partial charge is 0.237 e. The number of hydrogen-bond donors (Lipinski definition) is 2. The first-order valence-electron chi connectivity index (χ1n) is 6.72. The van der Waals surface area contributed by atoms with Crippen molar-refractivity contribution in [3.05, 3.63) is 47.7 Å². The summed E-state index contributed by atoms with van der Waals surface area (Å²) < 4.78 is 0. The maximum Gasteiger partial charge on any atom is 0.237 e. The number of nitrogens with zero attached hydrogens (tertiary/aromatic N) is 1. The lowest BCUT2D eigenvalue weighted by molar-refractivity contribution is -0.115. The Bertz CT molecular complexity index is 640. The van der Waals surface area contributed by atoms with Crippen molar-refractivity contribution in [2.45, 2.75) is 30.9 Å². The number of aryl methyl sites for hydroxylation is 1. The molecule has 0 radical (unpaired) electrons. The van der Waals surface area contributed by atoms with Crippen molar-refractivity contribution in [1.82, 2.24) is 4.98 Å². The van der Waals surface area contributed by atoms with Gasteiger partial charge in [0.05, 0.1) is 5.25 Å². The summed E-state index contributed by atoms with van der Waals surface area (Å²) in [4.78, 5) is 17.2. The molecule has 0 bridgehead atoms. The number of benzene rings is 1. The van der Waals surface area contributed by atoms with Crippen molar-refractivity contribution in [3.63, 3.8) is 0 Å². The topological polar surface area (TPSA) is 68.0 Å². The van der Waals surface area contributed by atoms with Gasteiger partial charge in [-0.15, -0.1) is 11.8 Å². The molecule has 0 spiro atoms. The number of pyridine rings is 1. The molecule has 1 amide bonds. The van der Waals surface area contributed by atoms with E-state index in [0.717, 1.165) is 21.7 Å². The van der Waals surface area contributed by atoms with E-state index in [2.05, 4.69) is 10.3 Å². The molecule has 0 saturated carbocycles. The Morgan fingerprint density at radius 3 is 2.71 bits per heavy atom. The monoisotopic (exact) mass is 301 g/mol. The van der Waals surface area contributed by atoms with E-state index in [9.17, 15) is 4.79 Å². The first-order valence-corrected chi connectivity index (χ1v) is 7.60. The summed E-state index contributed by atoms with van der Waals surface area (Å²) in [5.41, 5.74) is 8.67. The van der Waals surface area contributed by atoms with Crippen LogP contribution in [0.5, 0.6) is 0 Å². The fourth-order valence-corrected chi connectivity index (χ4v) is 2.67. The van der Waals surface area contributed by atoms with Crippen molar-refractivity contribution < 1.29 is 4.79 Å². The van der Waals surface area contributed by atoms with Crippen LogP contribution in [0.15, 0.2) is 41.4 Å². The number of amides is 1. The van der Waals surface area contributed by atoms with E-state index >= 15 is 0 Å². The SMILES string of the molecule is Cc1cccc(NC(=O)C(C)Sc2ccc(N)nc2)c1C. The summed E-state index contributed by atoms with van der Waals surface area (Å²) in [5.74, 6) is 0.456. The van der Waals surface area contributed by atoms with Crippen LogP contribution in [0.1, 0.15) is 18.1 Å². The van der Waals surface area contributed by atoms with Gasteiger partial charge in [-0.25, -0.2) is 4.98 Å². The highest BCUT2D eigenvalue weighted by atomic mass is 32.2. The van der Waals surface area contributed by atoms with Gasteiger partial charge >= 0.3 is 0 Å². The van der Waals surface area contributed by atoms with Gasteiger partial charge in [0.2, 0.25) is 5.91 Å². The van der Waals surface area contributed by atoms with Gasteiger partial charge in [0.1, 0.15) is 5.82 Å². The van der Waals surface area contributed by atoms with E-state index in [-0.39, 0.29) is 11.2 Å². The molecule has 0 aliphatic carbocycles. The van der Waals surface area contributed by atoms with E-state index in [1.54, 1.807) is 12.3 Å². The van der Waals surface area contributed by atoms with Crippen LogP contribution in [-0.4, -0.2) is 16.1 Å². The highest BCUT2D eigenvalue weighted by Crippen LogP contribution is 2.25. The molecule has 0 saturated heterocycles. The lowest BCUT2D eigenvalue weighted by Crippen LogP contribution is -2.22. The van der Waals surface area contributed by atoms with Gasteiger partial charge < -0.3 is 11.1 Å². The van der Waals surface area contributed by atoms with Crippen LogP contribution in [0, 0.1) is 13.8 Å². The fraction of sp³-hybridized carbons (Fsp3) is 0.250. The normalized spacial score (nSPS) is 12.0. The number of thioether (sulfide) groups is 1. The molecule has 110 valence electrons. The van der Waals surface area contributed by atoms with Gasteiger partial charge in [0, 0.05) is 16.8 Å². The predicted octanol–water partition coefficient (Wildman–Crippen LogP) is 3.40. The second-order valence-corrected chi connectivity index (χ2v) is 6.33. The van der Waals surface area contributed by atoms with Crippen molar-refractivity contribution in [2.75, 3.05) is 11.1 Å². The zero-order valence-corrected chi connectivity index (χ0v) is 13.2. The van der Waals surface area contributed by atoms with Gasteiger partial charge in [-0.2, -0.15) is 0 Å². The minimum Gasteiger partial charge on any atom is -0.384 e. The minimum absolute atomic E-state index is 0.0227. The zero-order chi connectivity index (χ0) is 15.4. The van der Waals surface area contributed by atoms with Crippen LogP contribution in [0.3, 0.4) is 0 Å². The first kappa shape index (κ1) is 15.4. The number of nitrogens with two attached hydrogens (primary N) is 1. The molecular weight excluding hydrogens is 282 g/mol. The third kappa shape index (κ3) is 3.98. The van der Waals surface area contributed by atoms with Crippen molar-refractivity contribution in [3.8, 4) is 0 Å². The minimum atomic E-state index is -0.213. The van der Waals surface area contributed by atoms with E-state index in [1.165, 1.54) is 11.8 Å². The molecule has 21 heavy (non-hydrogen) atoms. The fourth-order valence-electron chi connectivity index (χ4n) is 1.84. The zero-order valence-electron chi connectivity index (χ0n) is 12.4. The molecule has 3 N–H and O–H groups in total. The molecule has 2 rings (SSSR count). The van der Waals surface area contributed by atoms with Crippen LogP contribution in [0.2, 0.25) is 0 Å². The maximum atomic E-state index is 12.3. The number of aromatic nitrogens is 1. The number of hydrogen-bond acceptors (Lipinski definition) is 4. The number of nitrogen functional groups attached to an aromatic ring is 1. The number of rotatable bonds is 4. The molecule has 2 aromatic rings. The molecular formula is C16H19N3OS. The second kappa shape index (κ2) is 6.63. The Labute approximate surface area is 129 Å². The number of anilines is 2. The van der Waals surface area contributed by atoms with Crippen LogP contribution < -0.4 is 11.1 Å². The summed E-state index contributed by atoms with van der Waals surface area (Å²) >= 11 is 1.46. The van der Waals surface area contributed by atoms with E-state index in [0.29, 0.717) is 5.82 Å². The summed E-state index contributed by atoms with van der Waals surface area (Å²) in [6.07, 6.45) is 1.68. The van der Waals surface area contributed by atoms with Crippen LogP contribution >= 0.6 is 11.8 Å². The molecule has 1 aromatic carbocycles. The van der Waals surface area contributed by atoms with Gasteiger partial charge in [-0.05, 0) is 50.1 Å². The molecule has 1 aromatic heterocycles. The van der Waals surface area contributed by atoms with E-state index in [1.807, 2.05) is 45.0 Å². The average Bonchev–Trinajstić information content (AvgIpc) is 2.46. The first-order chi connectivity index (χ1) is 9.97. The van der Waals surface area contributed by atoms with Crippen LogP contribution in [-0.2, 0) is 4.79 Å². The Morgan fingerprint density at radius 1 is 1.29 bits per heavy atom. The summed E-state index contributed by atoms with van der Waals surface area (Å²) in [6.45, 7) is 5.91. The van der Waals surface area contributed by atoms with Gasteiger partial charge in [0.15, 0.2) is 0 Å². The Balaban J connectivity index is 2.02. The van der Waals surface area contributed by atoms with Gasteiger partial charge in [0.25, 0.3) is 0 Å². The number of nitrogens with one attached hydrogen (secondary N) is 1. The average molecular weight is 301 g/mol. The molecule has 0 aliphatic rings.